The molecule has 0 fully saturated rings. The van der Waals surface area contributed by atoms with E-state index in [0.717, 1.165) is 18.2 Å². The Morgan fingerprint density at radius 1 is 0.933 bits per heavy atom. The number of hydrogen-bond donors (Lipinski definition) is 2. The van der Waals surface area contributed by atoms with Crippen LogP contribution in [0.5, 0.6) is 0 Å². The van der Waals surface area contributed by atoms with Crippen LogP contribution in [0.4, 0.5) is 28.9 Å². The van der Waals surface area contributed by atoms with Crippen molar-refractivity contribution >= 4 is 34.8 Å². The van der Waals surface area contributed by atoms with E-state index in [2.05, 4.69) is 15.6 Å². The van der Waals surface area contributed by atoms with Gasteiger partial charge in [-0.25, -0.2) is 4.39 Å². The van der Waals surface area contributed by atoms with Crippen LogP contribution < -0.4 is 10.6 Å². The third-order valence-corrected chi connectivity index (χ3v) is 4.14. The van der Waals surface area contributed by atoms with Gasteiger partial charge in [-0.05, 0) is 42.5 Å². The average Bonchev–Trinajstić information content (AvgIpc) is 2.68. The summed E-state index contributed by atoms with van der Waals surface area (Å²) in [7, 11) is 0. The van der Waals surface area contributed by atoms with Crippen molar-refractivity contribution in [1.82, 2.24) is 4.98 Å². The zero-order valence-electron chi connectivity index (χ0n) is 14.9. The highest BCUT2D eigenvalue weighted by molar-refractivity contribution is 6.31. The number of pyridine rings is 1. The Kier molecular flexibility index (Phi) is 6.02. The highest BCUT2D eigenvalue weighted by Crippen LogP contribution is 2.37. The molecular formula is C20H12ClF4N3O2. The molecule has 0 aliphatic heterocycles. The lowest BCUT2D eigenvalue weighted by atomic mass is 10.1. The zero-order chi connectivity index (χ0) is 21.9. The molecule has 1 heterocycles. The van der Waals surface area contributed by atoms with Crippen molar-refractivity contribution in [3.63, 3.8) is 0 Å². The third-order valence-electron chi connectivity index (χ3n) is 3.90. The Labute approximate surface area is 172 Å². The SMILES string of the molecule is O=C(Nc1ccc(NC(=O)c2ccccc2F)cc1C(F)(F)F)c1cc(Cl)ccn1. The third kappa shape index (κ3) is 4.93. The van der Waals surface area contributed by atoms with Gasteiger partial charge in [0.2, 0.25) is 0 Å². The van der Waals surface area contributed by atoms with E-state index in [0.29, 0.717) is 6.07 Å². The highest BCUT2D eigenvalue weighted by Gasteiger charge is 2.34. The topological polar surface area (TPSA) is 71.1 Å². The van der Waals surface area contributed by atoms with Crippen LogP contribution in [0.15, 0.2) is 60.8 Å². The van der Waals surface area contributed by atoms with E-state index >= 15 is 0 Å². The summed E-state index contributed by atoms with van der Waals surface area (Å²) in [6, 6.07) is 10.4. The molecule has 2 amide bonds. The number of anilines is 2. The van der Waals surface area contributed by atoms with Gasteiger partial charge in [0.1, 0.15) is 11.5 Å². The summed E-state index contributed by atoms with van der Waals surface area (Å²) in [5, 5.41) is 4.53. The first-order valence-corrected chi connectivity index (χ1v) is 8.73. The number of rotatable bonds is 4. The lowest BCUT2D eigenvalue weighted by Gasteiger charge is -2.16. The van der Waals surface area contributed by atoms with E-state index in [-0.39, 0.29) is 22.0 Å². The monoisotopic (exact) mass is 437 g/mol. The molecule has 0 radical (unpaired) electrons. The van der Waals surface area contributed by atoms with E-state index in [1.807, 2.05) is 0 Å². The van der Waals surface area contributed by atoms with Crippen molar-refractivity contribution in [2.75, 3.05) is 10.6 Å². The number of aromatic nitrogens is 1. The summed E-state index contributed by atoms with van der Waals surface area (Å²) in [5.41, 5.74) is -2.47. The van der Waals surface area contributed by atoms with Gasteiger partial charge >= 0.3 is 6.18 Å². The predicted octanol–water partition coefficient (Wildman–Crippen LogP) is 5.40. The Morgan fingerprint density at radius 3 is 2.33 bits per heavy atom. The van der Waals surface area contributed by atoms with Crippen LogP contribution in [0.25, 0.3) is 0 Å². The van der Waals surface area contributed by atoms with Crippen LogP contribution in [-0.2, 0) is 6.18 Å². The molecular weight excluding hydrogens is 426 g/mol. The van der Waals surface area contributed by atoms with E-state index in [4.69, 9.17) is 11.6 Å². The van der Waals surface area contributed by atoms with E-state index in [1.54, 1.807) is 0 Å². The number of hydrogen-bond acceptors (Lipinski definition) is 3. The summed E-state index contributed by atoms with van der Waals surface area (Å²) >= 11 is 5.76. The summed E-state index contributed by atoms with van der Waals surface area (Å²) in [6.07, 6.45) is -3.60. The fourth-order valence-electron chi connectivity index (χ4n) is 2.52. The van der Waals surface area contributed by atoms with Gasteiger partial charge in [0.05, 0.1) is 16.8 Å². The van der Waals surface area contributed by atoms with Crippen molar-refractivity contribution in [3.05, 3.63) is 88.5 Å². The van der Waals surface area contributed by atoms with Crippen LogP contribution in [0.1, 0.15) is 26.4 Å². The summed E-state index contributed by atoms with van der Waals surface area (Å²) in [6.45, 7) is 0. The lowest BCUT2D eigenvalue weighted by molar-refractivity contribution is -0.136. The van der Waals surface area contributed by atoms with Crippen molar-refractivity contribution in [2.45, 2.75) is 6.18 Å². The van der Waals surface area contributed by atoms with Gasteiger partial charge in [-0.15, -0.1) is 0 Å². The van der Waals surface area contributed by atoms with Gasteiger partial charge in [0.15, 0.2) is 0 Å². The molecule has 0 bridgehead atoms. The average molecular weight is 438 g/mol. The van der Waals surface area contributed by atoms with Crippen molar-refractivity contribution in [2.24, 2.45) is 0 Å². The number of benzene rings is 2. The fourth-order valence-corrected chi connectivity index (χ4v) is 2.68. The van der Waals surface area contributed by atoms with Gasteiger partial charge in [-0.3, -0.25) is 14.6 Å². The molecule has 3 aromatic rings. The standard InChI is InChI=1S/C20H12ClF4N3O2/c21-11-7-8-26-17(9-11)19(30)28-16-6-5-12(10-14(16)20(23,24)25)27-18(29)13-3-1-2-4-15(13)22/h1-10H,(H,27,29)(H,28,30). The highest BCUT2D eigenvalue weighted by atomic mass is 35.5. The number of nitrogens with one attached hydrogen (secondary N) is 2. The molecule has 3 rings (SSSR count). The minimum Gasteiger partial charge on any atom is -0.322 e. The Balaban J connectivity index is 1.88. The summed E-state index contributed by atoms with van der Waals surface area (Å²) in [4.78, 5) is 28.1. The maximum Gasteiger partial charge on any atom is 0.418 e. The quantitative estimate of drug-likeness (QED) is 0.537. The smallest absolute Gasteiger partial charge is 0.322 e. The number of carbonyl (C=O) groups is 2. The first kappa shape index (κ1) is 21.3. The number of carbonyl (C=O) groups excluding carboxylic acids is 2. The maximum atomic E-state index is 13.7. The minimum atomic E-state index is -4.84. The number of alkyl halides is 3. The number of nitrogens with zero attached hydrogens (tertiary/aromatic N) is 1. The molecule has 5 nitrogen and oxygen atoms in total. The summed E-state index contributed by atoms with van der Waals surface area (Å²) < 4.78 is 54.2. The molecule has 1 aromatic heterocycles. The van der Waals surface area contributed by atoms with Gasteiger partial charge in [-0.2, -0.15) is 13.2 Å². The van der Waals surface area contributed by atoms with Crippen molar-refractivity contribution < 1.29 is 27.2 Å². The predicted molar refractivity (Wildman–Crippen MR) is 103 cm³/mol. The molecule has 0 aliphatic rings. The van der Waals surface area contributed by atoms with Crippen LogP contribution in [0.3, 0.4) is 0 Å². The maximum absolute atomic E-state index is 13.7. The van der Waals surface area contributed by atoms with Gasteiger partial charge < -0.3 is 10.6 Å². The summed E-state index contributed by atoms with van der Waals surface area (Å²) in [5.74, 6) is -2.63. The molecule has 0 saturated carbocycles. The molecule has 2 N–H and O–H groups in total. The number of halogens is 5. The van der Waals surface area contributed by atoms with E-state index < -0.39 is 35.1 Å². The van der Waals surface area contributed by atoms with Crippen LogP contribution in [-0.4, -0.2) is 16.8 Å². The van der Waals surface area contributed by atoms with E-state index in [1.165, 1.54) is 36.5 Å². The van der Waals surface area contributed by atoms with Gasteiger partial charge in [0, 0.05) is 16.9 Å². The molecule has 10 heteroatoms. The molecule has 0 unspecified atom stereocenters. The largest absolute Gasteiger partial charge is 0.418 e. The second-order valence-corrected chi connectivity index (χ2v) is 6.44. The Bertz CT molecular complexity index is 1120. The second-order valence-electron chi connectivity index (χ2n) is 6.01. The van der Waals surface area contributed by atoms with Crippen LogP contribution >= 0.6 is 11.6 Å². The molecule has 0 saturated heterocycles. The van der Waals surface area contributed by atoms with Crippen LogP contribution in [0.2, 0.25) is 5.02 Å². The second kappa shape index (κ2) is 8.50. The van der Waals surface area contributed by atoms with E-state index in [9.17, 15) is 27.2 Å². The molecule has 0 aliphatic carbocycles. The van der Waals surface area contributed by atoms with Crippen molar-refractivity contribution in [3.8, 4) is 0 Å². The molecule has 30 heavy (non-hydrogen) atoms. The Morgan fingerprint density at radius 2 is 1.67 bits per heavy atom. The minimum absolute atomic E-state index is 0.174. The number of amides is 2. The van der Waals surface area contributed by atoms with Crippen molar-refractivity contribution in [1.29, 1.82) is 0 Å². The van der Waals surface area contributed by atoms with Crippen LogP contribution in [0, 0.1) is 5.82 Å². The molecule has 154 valence electrons. The zero-order valence-corrected chi connectivity index (χ0v) is 15.7. The first-order valence-electron chi connectivity index (χ1n) is 8.35. The first-order chi connectivity index (χ1) is 14.1. The fraction of sp³-hybridized carbons (Fsp3) is 0.0500. The molecule has 0 spiro atoms. The Hall–Kier alpha value is -3.46. The molecule has 0 atom stereocenters. The van der Waals surface area contributed by atoms with Gasteiger partial charge in [0.25, 0.3) is 11.8 Å². The molecule has 2 aromatic carbocycles. The normalized spacial score (nSPS) is 11.1. The lowest BCUT2D eigenvalue weighted by Crippen LogP contribution is -2.19. The van der Waals surface area contributed by atoms with Gasteiger partial charge in [-0.1, -0.05) is 23.7 Å².